The molecule has 1 heterocycles. The molecule has 0 spiro atoms. The lowest BCUT2D eigenvalue weighted by atomic mass is 9.87. The number of nitrogens with zero attached hydrogens (tertiary/aromatic N) is 3. The number of hydrogen-bond acceptors (Lipinski definition) is 5. The van der Waals surface area contributed by atoms with E-state index in [1.807, 2.05) is 0 Å². The van der Waals surface area contributed by atoms with Gasteiger partial charge in [-0.15, -0.1) is 0 Å². The summed E-state index contributed by atoms with van der Waals surface area (Å²) in [7, 11) is 0. The van der Waals surface area contributed by atoms with E-state index in [9.17, 15) is 0 Å². The van der Waals surface area contributed by atoms with Crippen molar-refractivity contribution in [2.24, 2.45) is 5.92 Å². The van der Waals surface area contributed by atoms with Gasteiger partial charge >= 0.3 is 0 Å². The number of aromatic nitrogens is 2. The zero-order valence-electron chi connectivity index (χ0n) is 19.1. The molecule has 1 fully saturated rings. The summed E-state index contributed by atoms with van der Waals surface area (Å²) in [4.78, 5) is 4.79. The molecule has 166 valence electrons. The van der Waals surface area contributed by atoms with Gasteiger partial charge in [0.1, 0.15) is 0 Å². The normalized spacial score (nSPS) is 19.2. The lowest BCUT2D eigenvalue weighted by Gasteiger charge is -2.26. The predicted octanol–water partition coefficient (Wildman–Crippen LogP) is 6.84. The van der Waals surface area contributed by atoms with Crippen LogP contribution in [0.15, 0.2) is 65.2 Å². The van der Waals surface area contributed by atoms with Crippen LogP contribution in [0.4, 0.5) is 5.69 Å². The predicted molar refractivity (Wildman–Crippen MR) is 131 cm³/mol. The van der Waals surface area contributed by atoms with E-state index in [2.05, 4.69) is 91.1 Å². The minimum atomic E-state index is -0.00529. The molecule has 1 aliphatic rings. The van der Waals surface area contributed by atoms with E-state index in [1.54, 1.807) is 0 Å². The number of rotatable bonds is 5. The number of fused-ring (bicyclic) bond motifs is 1. The van der Waals surface area contributed by atoms with Gasteiger partial charge in [-0.2, -0.15) is 10.2 Å². The molecular weight excluding hydrogens is 408 g/mol. The zero-order chi connectivity index (χ0) is 22.8. The average molecular weight is 437 g/mol. The first-order valence-electron chi connectivity index (χ1n) is 11.7. The minimum Gasteiger partial charge on any atom is -0.382 e. The standard InChI is InChI=1S/C28H28N4O/c1-18-10-13-23(30-22-14-11-20(17-29)12-15-22)16-26(18)27-31-28(33-32-27)19(2)24-9-5-7-21-6-3-4-8-25(21)24/h3-10,13,16,19-20,22,30H,11-12,14-15H2,1-2H3. The molecule has 4 aromatic rings. The maximum Gasteiger partial charge on any atom is 0.234 e. The van der Waals surface area contributed by atoms with Gasteiger partial charge in [0, 0.05) is 23.2 Å². The Hall–Kier alpha value is -3.65. The fourth-order valence-corrected chi connectivity index (χ4v) is 4.84. The van der Waals surface area contributed by atoms with E-state index in [0.29, 0.717) is 17.8 Å². The highest BCUT2D eigenvalue weighted by Gasteiger charge is 2.22. The van der Waals surface area contributed by atoms with E-state index in [0.717, 1.165) is 42.5 Å². The van der Waals surface area contributed by atoms with Crippen LogP contribution in [0.25, 0.3) is 22.2 Å². The molecular formula is C28H28N4O. The Labute approximate surface area is 194 Å². The highest BCUT2D eigenvalue weighted by molar-refractivity contribution is 5.86. The third kappa shape index (κ3) is 4.34. The van der Waals surface area contributed by atoms with Gasteiger partial charge in [-0.25, -0.2) is 0 Å². The lowest BCUT2D eigenvalue weighted by Crippen LogP contribution is -2.25. The van der Waals surface area contributed by atoms with Crippen LogP contribution < -0.4 is 5.32 Å². The second kappa shape index (κ2) is 9.07. The molecule has 1 aliphatic carbocycles. The Balaban J connectivity index is 1.38. The first-order valence-corrected chi connectivity index (χ1v) is 11.7. The van der Waals surface area contributed by atoms with Crippen molar-refractivity contribution >= 4 is 16.5 Å². The molecule has 0 radical (unpaired) electrons. The van der Waals surface area contributed by atoms with Crippen molar-refractivity contribution in [1.82, 2.24) is 10.1 Å². The van der Waals surface area contributed by atoms with Gasteiger partial charge in [-0.05, 0) is 73.6 Å². The molecule has 0 aliphatic heterocycles. The lowest BCUT2D eigenvalue weighted by molar-refractivity contribution is 0.371. The topological polar surface area (TPSA) is 74.7 Å². The molecule has 0 saturated heterocycles. The largest absolute Gasteiger partial charge is 0.382 e. The summed E-state index contributed by atoms with van der Waals surface area (Å²) in [6, 6.07) is 23.8. The van der Waals surface area contributed by atoms with Crippen LogP contribution in [0.1, 0.15) is 55.5 Å². The summed E-state index contributed by atoms with van der Waals surface area (Å²) in [5.41, 5.74) is 4.33. The highest BCUT2D eigenvalue weighted by atomic mass is 16.5. The molecule has 1 atom stereocenters. The van der Waals surface area contributed by atoms with Gasteiger partial charge in [0.2, 0.25) is 11.7 Å². The van der Waals surface area contributed by atoms with Crippen LogP contribution >= 0.6 is 0 Å². The van der Waals surface area contributed by atoms with Gasteiger partial charge in [0.25, 0.3) is 0 Å². The number of anilines is 1. The molecule has 5 nitrogen and oxygen atoms in total. The van der Waals surface area contributed by atoms with Gasteiger partial charge in [-0.3, -0.25) is 0 Å². The Bertz CT molecular complexity index is 1310. The van der Waals surface area contributed by atoms with E-state index < -0.39 is 0 Å². The Morgan fingerprint density at radius 2 is 1.82 bits per heavy atom. The summed E-state index contributed by atoms with van der Waals surface area (Å²) in [5, 5.41) is 19.5. The number of benzene rings is 3. The number of hydrogen-bond donors (Lipinski definition) is 1. The second-order valence-corrected chi connectivity index (χ2v) is 9.10. The molecule has 5 rings (SSSR count). The summed E-state index contributed by atoms with van der Waals surface area (Å²) in [6.45, 7) is 4.18. The average Bonchev–Trinajstić information content (AvgIpc) is 3.35. The zero-order valence-corrected chi connectivity index (χ0v) is 19.1. The molecule has 1 unspecified atom stereocenters. The van der Waals surface area contributed by atoms with Crippen LogP contribution in [0, 0.1) is 24.2 Å². The third-order valence-corrected chi connectivity index (χ3v) is 6.86. The van der Waals surface area contributed by atoms with Crippen molar-refractivity contribution in [3.05, 3.63) is 77.7 Å². The van der Waals surface area contributed by atoms with E-state index >= 15 is 0 Å². The summed E-state index contributed by atoms with van der Waals surface area (Å²) in [6.07, 6.45) is 3.98. The number of nitriles is 1. The fourth-order valence-electron chi connectivity index (χ4n) is 4.84. The quantitative estimate of drug-likeness (QED) is 0.370. The monoisotopic (exact) mass is 436 g/mol. The Morgan fingerprint density at radius 3 is 2.64 bits per heavy atom. The summed E-state index contributed by atoms with van der Waals surface area (Å²) in [5.74, 6) is 1.44. The first-order chi connectivity index (χ1) is 16.1. The van der Waals surface area contributed by atoms with Crippen molar-refractivity contribution in [1.29, 1.82) is 5.26 Å². The Morgan fingerprint density at radius 1 is 1.03 bits per heavy atom. The molecule has 1 aromatic heterocycles. The maximum atomic E-state index is 9.13. The van der Waals surface area contributed by atoms with Crippen LogP contribution in [0.5, 0.6) is 0 Å². The molecule has 1 N–H and O–H groups in total. The SMILES string of the molecule is Cc1ccc(NC2CCC(C#N)CC2)cc1-c1noc(C(C)c2cccc3ccccc23)n1. The van der Waals surface area contributed by atoms with Crippen LogP contribution in [0.2, 0.25) is 0 Å². The summed E-state index contributed by atoms with van der Waals surface area (Å²) < 4.78 is 5.74. The number of aryl methyl sites for hydroxylation is 1. The smallest absolute Gasteiger partial charge is 0.234 e. The first kappa shape index (κ1) is 21.2. The molecule has 1 saturated carbocycles. The van der Waals surface area contributed by atoms with Gasteiger partial charge < -0.3 is 9.84 Å². The molecule has 3 aromatic carbocycles. The van der Waals surface area contributed by atoms with Crippen molar-refractivity contribution in [3.63, 3.8) is 0 Å². The van der Waals surface area contributed by atoms with Crippen LogP contribution in [-0.4, -0.2) is 16.2 Å². The molecule has 33 heavy (non-hydrogen) atoms. The maximum absolute atomic E-state index is 9.13. The highest BCUT2D eigenvalue weighted by Crippen LogP contribution is 2.32. The number of nitrogens with one attached hydrogen (secondary N) is 1. The second-order valence-electron chi connectivity index (χ2n) is 9.10. The van der Waals surface area contributed by atoms with E-state index in [1.165, 1.54) is 16.3 Å². The molecule has 0 bridgehead atoms. The van der Waals surface area contributed by atoms with Crippen LogP contribution in [0.3, 0.4) is 0 Å². The summed E-state index contributed by atoms with van der Waals surface area (Å²) >= 11 is 0. The van der Waals surface area contributed by atoms with Crippen molar-refractivity contribution in [3.8, 4) is 17.5 Å². The third-order valence-electron chi connectivity index (χ3n) is 6.86. The van der Waals surface area contributed by atoms with Crippen LogP contribution in [-0.2, 0) is 0 Å². The fraction of sp³-hybridized carbons (Fsp3) is 0.321. The van der Waals surface area contributed by atoms with Gasteiger partial charge in [-0.1, -0.05) is 53.7 Å². The van der Waals surface area contributed by atoms with Gasteiger partial charge in [0.05, 0.1) is 12.0 Å². The molecule has 5 heteroatoms. The van der Waals surface area contributed by atoms with Crippen molar-refractivity contribution in [2.75, 3.05) is 5.32 Å². The Kier molecular flexibility index (Phi) is 5.83. The molecule has 0 amide bonds. The minimum absolute atomic E-state index is 0.00529. The van der Waals surface area contributed by atoms with E-state index in [-0.39, 0.29) is 11.8 Å². The van der Waals surface area contributed by atoms with E-state index in [4.69, 9.17) is 14.8 Å². The van der Waals surface area contributed by atoms with Gasteiger partial charge in [0.15, 0.2) is 0 Å². The van der Waals surface area contributed by atoms with Crippen molar-refractivity contribution < 1.29 is 4.52 Å². The van der Waals surface area contributed by atoms with Crippen molar-refractivity contribution in [2.45, 2.75) is 51.5 Å².